The number of hydrogen-bond acceptors (Lipinski definition) is 5. The van der Waals surface area contributed by atoms with Gasteiger partial charge in [0.2, 0.25) is 5.91 Å². The van der Waals surface area contributed by atoms with E-state index in [9.17, 15) is 4.79 Å². The summed E-state index contributed by atoms with van der Waals surface area (Å²) < 4.78 is 1.74. The van der Waals surface area contributed by atoms with Crippen LogP contribution in [0.2, 0.25) is 5.02 Å². The molecule has 2 aliphatic rings. The summed E-state index contributed by atoms with van der Waals surface area (Å²) >= 11 is 6.20. The summed E-state index contributed by atoms with van der Waals surface area (Å²) in [5.74, 6) is 0.410. The van der Waals surface area contributed by atoms with Gasteiger partial charge in [0.15, 0.2) is 0 Å². The molecule has 0 bridgehead atoms. The first kappa shape index (κ1) is 18.4. The van der Waals surface area contributed by atoms with E-state index in [1.165, 1.54) is 6.33 Å². The van der Waals surface area contributed by atoms with Crippen molar-refractivity contribution < 1.29 is 4.79 Å². The average Bonchev–Trinajstić information content (AvgIpc) is 3.24. The maximum absolute atomic E-state index is 12.9. The first-order valence-electron chi connectivity index (χ1n) is 9.56. The summed E-state index contributed by atoms with van der Waals surface area (Å²) in [6.07, 6.45) is 5.24. The zero-order valence-electron chi connectivity index (χ0n) is 15.4. The number of nitrogens with zero attached hydrogens (tertiary/aromatic N) is 5. The molecule has 1 atom stereocenters. The fourth-order valence-corrected chi connectivity index (χ4v) is 4.17. The molecule has 2 fully saturated rings. The Labute approximate surface area is 164 Å². The molecule has 1 aromatic carbocycles. The number of piperidine rings is 1. The number of nitrogens with one attached hydrogen (secondary N) is 1. The number of carbonyl (C=O) groups is 1. The normalized spacial score (nSPS) is 21.4. The van der Waals surface area contributed by atoms with E-state index in [2.05, 4.69) is 20.3 Å². The van der Waals surface area contributed by atoms with Crippen molar-refractivity contribution in [2.45, 2.75) is 19.4 Å². The van der Waals surface area contributed by atoms with Crippen LogP contribution in [-0.4, -0.2) is 69.7 Å². The van der Waals surface area contributed by atoms with Crippen molar-refractivity contribution in [1.29, 1.82) is 0 Å². The van der Waals surface area contributed by atoms with Gasteiger partial charge in [-0.3, -0.25) is 9.69 Å². The summed E-state index contributed by atoms with van der Waals surface area (Å²) in [7, 11) is 0. The SMILES string of the molecule is O=C(C1CCCN(Cc2ccc(Cl)cc2-n2cncn2)C1)N1CCNCC1. The van der Waals surface area contributed by atoms with Crippen LogP contribution in [0.25, 0.3) is 5.69 Å². The minimum Gasteiger partial charge on any atom is -0.340 e. The van der Waals surface area contributed by atoms with Crippen LogP contribution in [0.3, 0.4) is 0 Å². The monoisotopic (exact) mass is 388 g/mol. The largest absolute Gasteiger partial charge is 0.340 e. The molecule has 1 N–H and O–H groups in total. The molecule has 27 heavy (non-hydrogen) atoms. The van der Waals surface area contributed by atoms with Gasteiger partial charge in [0.25, 0.3) is 0 Å². The molecule has 4 rings (SSSR count). The van der Waals surface area contributed by atoms with E-state index < -0.39 is 0 Å². The predicted molar refractivity (Wildman–Crippen MR) is 104 cm³/mol. The number of likely N-dealkylation sites (tertiary alicyclic amines) is 1. The van der Waals surface area contributed by atoms with Crippen molar-refractivity contribution in [3.8, 4) is 5.69 Å². The third-order valence-corrected chi connectivity index (χ3v) is 5.63. The molecule has 1 aromatic heterocycles. The highest BCUT2D eigenvalue weighted by atomic mass is 35.5. The van der Waals surface area contributed by atoms with Gasteiger partial charge in [0.1, 0.15) is 12.7 Å². The second kappa shape index (κ2) is 8.37. The molecule has 1 amide bonds. The van der Waals surface area contributed by atoms with Crippen LogP contribution in [0.5, 0.6) is 0 Å². The Kier molecular flexibility index (Phi) is 5.71. The molecule has 8 heteroatoms. The minimum absolute atomic E-state index is 0.0963. The maximum atomic E-state index is 12.9. The van der Waals surface area contributed by atoms with Gasteiger partial charge in [0, 0.05) is 44.3 Å². The fraction of sp³-hybridized carbons (Fsp3) is 0.526. The first-order chi connectivity index (χ1) is 13.2. The molecule has 2 aromatic rings. The predicted octanol–water partition coefficient (Wildman–Crippen LogP) is 1.56. The highest BCUT2D eigenvalue weighted by molar-refractivity contribution is 6.30. The maximum Gasteiger partial charge on any atom is 0.227 e. The van der Waals surface area contributed by atoms with E-state index >= 15 is 0 Å². The van der Waals surface area contributed by atoms with Gasteiger partial charge < -0.3 is 10.2 Å². The molecule has 1 unspecified atom stereocenters. The number of halogens is 1. The lowest BCUT2D eigenvalue weighted by Crippen LogP contribution is -2.51. The Bertz CT molecular complexity index is 775. The van der Waals surface area contributed by atoms with Crippen molar-refractivity contribution in [2.75, 3.05) is 39.3 Å². The second-order valence-electron chi connectivity index (χ2n) is 7.26. The Morgan fingerprint density at radius 2 is 2.11 bits per heavy atom. The number of hydrogen-bond donors (Lipinski definition) is 1. The fourth-order valence-electron chi connectivity index (χ4n) is 4.00. The van der Waals surface area contributed by atoms with E-state index in [1.54, 1.807) is 11.0 Å². The van der Waals surface area contributed by atoms with Crippen LogP contribution < -0.4 is 5.32 Å². The van der Waals surface area contributed by atoms with Crippen molar-refractivity contribution in [1.82, 2.24) is 29.9 Å². The molecule has 2 aliphatic heterocycles. The lowest BCUT2D eigenvalue weighted by atomic mass is 9.95. The van der Waals surface area contributed by atoms with Gasteiger partial charge in [-0.1, -0.05) is 17.7 Å². The number of rotatable bonds is 4. The third kappa shape index (κ3) is 4.31. The first-order valence-corrected chi connectivity index (χ1v) is 9.94. The number of carbonyl (C=O) groups excluding carboxylic acids is 1. The summed E-state index contributed by atoms with van der Waals surface area (Å²) in [6, 6.07) is 5.87. The zero-order valence-corrected chi connectivity index (χ0v) is 16.1. The van der Waals surface area contributed by atoms with Crippen LogP contribution in [0, 0.1) is 5.92 Å². The highest BCUT2D eigenvalue weighted by Gasteiger charge is 2.30. The van der Waals surface area contributed by atoms with E-state index in [4.69, 9.17) is 11.6 Å². The zero-order chi connectivity index (χ0) is 18.6. The van der Waals surface area contributed by atoms with Gasteiger partial charge in [-0.15, -0.1) is 0 Å². The highest BCUT2D eigenvalue weighted by Crippen LogP contribution is 2.25. The van der Waals surface area contributed by atoms with Gasteiger partial charge >= 0.3 is 0 Å². The van der Waals surface area contributed by atoms with Crippen LogP contribution in [0.15, 0.2) is 30.9 Å². The third-order valence-electron chi connectivity index (χ3n) is 5.39. The summed E-state index contributed by atoms with van der Waals surface area (Å²) in [5, 5.41) is 8.23. The second-order valence-corrected chi connectivity index (χ2v) is 7.70. The van der Waals surface area contributed by atoms with E-state index in [0.717, 1.165) is 69.9 Å². The van der Waals surface area contributed by atoms with Gasteiger partial charge in [-0.05, 0) is 37.1 Å². The molecule has 3 heterocycles. The average molecular weight is 389 g/mol. The minimum atomic E-state index is 0.0963. The van der Waals surface area contributed by atoms with Gasteiger partial charge in [-0.2, -0.15) is 5.10 Å². The molecule has 144 valence electrons. The van der Waals surface area contributed by atoms with E-state index in [0.29, 0.717) is 10.9 Å². The summed E-state index contributed by atoms with van der Waals surface area (Å²) in [4.78, 5) is 21.3. The lowest BCUT2D eigenvalue weighted by Gasteiger charge is -2.36. The van der Waals surface area contributed by atoms with Crippen molar-refractivity contribution in [2.24, 2.45) is 5.92 Å². The molecule has 0 saturated carbocycles. The molecule has 0 spiro atoms. The van der Waals surface area contributed by atoms with Crippen molar-refractivity contribution in [3.63, 3.8) is 0 Å². The Balaban J connectivity index is 1.46. The molecule has 0 radical (unpaired) electrons. The van der Waals surface area contributed by atoms with Gasteiger partial charge in [-0.25, -0.2) is 9.67 Å². The Morgan fingerprint density at radius 3 is 2.89 bits per heavy atom. The topological polar surface area (TPSA) is 66.3 Å². The number of amides is 1. The molecule has 2 saturated heterocycles. The Morgan fingerprint density at radius 1 is 1.26 bits per heavy atom. The van der Waals surface area contributed by atoms with Gasteiger partial charge in [0.05, 0.1) is 11.6 Å². The van der Waals surface area contributed by atoms with E-state index in [-0.39, 0.29) is 5.92 Å². The van der Waals surface area contributed by atoms with E-state index in [1.807, 2.05) is 23.1 Å². The van der Waals surface area contributed by atoms with Crippen LogP contribution >= 0.6 is 11.6 Å². The lowest BCUT2D eigenvalue weighted by molar-refractivity contribution is -0.138. The number of piperazine rings is 1. The summed E-state index contributed by atoms with van der Waals surface area (Å²) in [6.45, 7) is 6.03. The van der Waals surface area contributed by atoms with Crippen molar-refractivity contribution in [3.05, 3.63) is 41.4 Å². The van der Waals surface area contributed by atoms with Crippen LogP contribution in [0.4, 0.5) is 0 Å². The molecular weight excluding hydrogens is 364 g/mol. The summed E-state index contributed by atoms with van der Waals surface area (Å²) in [5.41, 5.74) is 2.08. The standard InChI is InChI=1S/C19H25ClN6O/c20-17-4-3-15(18(10-17)26-14-22-13-23-26)11-24-7-1-2-16(12-24)19(27)25-8-5-21-6-9-25/h3-4,10,13-14,16,21H,1-2,5-9,11-12H2. The number of benzene rings is 1. The quantitative estimate of drug-likeness (QED) is 0.861. The molecule has 0 aliphatic carbocycles. The molecule has 7 nitrogen and oxygen atoms in total. The molecular formula is C19H25ClN6O. The van der Waals surface area contributed by atoms with Crippen LogP contribution in [-0.2, 0) is 11.3 Å². The Hall–Kier alpha value is -1.96. The smallest absolute Gasteiger partial charge is 0.227 e. The van der Waals surface area contributed by atoms with Crippen LogP contribution in [0.1, 0.15) is 18.4 Å². The van der Waals surface area contributed by atoms with Crippen molar-refractivity contribution >= 4 is 17.5 Å². The number of aromatic nitrogens is 3.